The van der Waals surface area contributed by atoms with Gasteiger partial charge in [-0.3, -0.25) is 4.79 Å². The number of hydrogen-bond acceptors (Lipinski definition) is 3. The smallest absolute Gasteiger partial charge is 0.328 e. The molecule has 0 saturated carbocycles. The van der Waals surface area contributed by atoms with Crippen LogP contribution in [0.5, 0.6) is 5.75 Å². The van der Waals surface area contributed by atoms with Crippen LogP contribution in [0.1, 0.15) is 6.92 Å². The van der Waals surface area contributed by atoms with Crippen LogP contribution in [0.25, 0.3) is 0 Å². The van der Waals surface area contributed by atoms with Crippen molar-refractivity contribution >= 4 is 27.8 Å². The zero-order valence-electron chi connectivity index (χ0n) is 10.4. The number of carboxylic acids is 1. The van der Waals surface area contributed by atoms with E-state index in [1.807, 2.05) is 5.32 Å². The maximum atomic E-state index is 12.9. The Balaban J connectivity index is 2.68. The number of amides is 1. The summed E-state index contributed by atoms with van der Waals surface area (Å²) in [6.45, 7) is 0.135. The number of aliphatic carboxylic acids is 1. The number of ether oxygens (including phenoxy) is 1. The minimum absolute atomic E-state index is 0.209. The average Bonchev–Trinajstić information content (AvgIpc) is 2.38. The molecule has 5 nitrogen and oxygen atoms in total. The molecule has 0 saturated heterocycles. The lowest BCUT2D eigenvalue weighted by Crippen LogP contribution is -2.47. The minimum atomic E-state index is -1.62. The van der Waals surface area contributed by atoms with Crippen molar-refractivity contribution in [1.82, 2.24) is 5.32 Å². The van der Waals surface area contributed by atoms with E-state index in [4.69, 9.17) is 9.84 Å². The molecular weight excluding hydrogens is 340 g/mol. The van der Waals surface area contributed by atoms with Gasteiger partial charge >= 0.3 is 5.97 Å². The number of carbonyl (C=O) groups excluding carboxylic acids is 1. The van der Waals surface area contributed by atoms with E-state index in [-0.39, 0.29) is 5.75 Å². The Hall–Kier alpha value is -1.70. The summed E-state index contributed by atoms with van der Waals surface area (Å²) >= 11 is 3.06. The average molecular weight is 352 g/mol. The Bertz CT molecular complexity index is 512. The second kappa shape index (κ2) is 7.18. The summed E-state index contributed by atoms with van der Waals surface area (Å²) in [5, 5.41) is 10.6. The number of hydrogen-bond donors (Lipinski definition) is 2. The molecule has 1 amide bonds. The molecule has 2 N–H and O–H groups in total. The Morgan fingerprint density at radius 2 is 2.15 bits per heavy atom. The first-order valence-electron chi connectivity index (χ1n) is 5.56. The highest BCUT2D eigenvalue weighted by atomic mass is 79.9. The highest BCUT2D eigenvalue weighted by molar-refractivity contribution is 9.10. The van der Waals surface area contributed by atoms with Crippen molar-refractivity contribution in [2.24, 2.45) is 0 Å². The maximum Gasteiger partial charge on any atom is 0.328 e. The molecule has 8 heteroatoms. The van der Waals surface area contributed by atoms with Crippen LogP contribution in [-0.2, 0) is 9.59 Å². The highest BCUT2D eigenvalue weighted by Gasteiger charge is 2.24. The van der Waals surface area contributed by atoms with E-state index in [2.05, 4.69) is 15.9 Å². The van der Waals surface area contributed by atoms with E-state index in [1.165, 1.54) is 13.0 Å². The van der Waals surface area contributed by atoms with Crippen molar-refractivity contribution in [2.75, 3.05) is 6.67 Å². The van der Waals surface area contributed by atoms with Gasteiger partial charge in [-0.15, -0.1) is 0 Å². The summed E-state index contributed by atoms with van der Waals surface area (Å²) in [7, 11) is 0. The number of nitrogens with one attached hydrogen (secondary N) is 1. The first-order valence-corrected chi connectivity index (χ1v) is 6.35. The van der Waals surface area contributed by atoms with Gasteiger partial charge in [0.05, 0.1) is 4.47 Å². The van der Waals surface area contributed by atoms with Gasteiger partial charge in [-0.05, 0) is 41.1 Å². The van der Waals surface area contributed by atoms with Gasteiger partial charge < -0.3 is 15.2 Å². The van der Waals surface area contributed by atoms with E-state index in [1.54, 1.807) is 0 Å². The van der Waals surface area contributed by atoms with E-state index in [0.717, 1.165) is 12.1 Å². The van der Waals surface area contributed by atoms with Crippen LogP contribution < -0.4 is 10.1 Å². The normalized spacial score (nSPS) is 13.4. The van der Waals surface area contributed by atoms with E-state index < -0.39 is 36.5 Å². The highest BCUT2D eigenvalue weighted by Crippen LogP contribution is 2.26. The number of alkyl halides is 1. The molecule has 0 aliphatic rings. The number of halogens is 3. The van der Waals surface area contributed by atoms with E-state index in [9.17, 15) is 18.4 Å². The fourth-order valence-electron chi connectivity index (χ4n) is 1.27. The van der Waals surface area contributed by atoms with Gasteiger partial charge in [0.25, 0.3) is 5.91 Å². The molecule has 0 fully saturated rings. The Morgan fingerprint density at radius 1 is 1.50 bits per heavy atom. The molecule has 0 aromatic heterocycles. The van der Waals surface area contributed by atoms with Gasteiger partial charge in [-0.2, -0.15) is 0 Å². The molecule has 1 aromatic carbocycles. The molecule has 0 radical (unpaired) electrons. The van der Waals surface area contributed by atoms with Crippen LogP contribution in [0.3, 0.4) is 0 Å². The van der Waals surface area contributed by atoms with E-state index >= 15 is 0 Å². The van der Waals surface area contributed by atoms with Crippen LogP contribution >= 0.6 is 15.9 Å². The summed E-state index contributed by atoms with van der Waals surface area (Å²) in [6, 6.07) is 1.99. The molecule has 1 rings (SSSR count). The molecular formula is C12H12BrF2NO4. The first kappa shape index (κ1) is 16.4. The fourth-order valence-corrected chi connectivity index (χ4v) is 1.71. The monoisotopic (exact) mass is 351 g/mol. The van der Waals surface area contributed by atoms with Crippen LogP contribution in [0.4, 0.5) is 8.78 Å². The van der Waals surface area contributed by atoms with Crippen molar-refractivity contribution in [3.05, 3.63) is 28.5 Å². The molecule has 2 unspecified atom stereocenters. The lowest BCUT2D eigenvalue weighted by atomic mass is 10.3. The number of benzene rings is 1. The molecule has 0 bridgehead atoms. The summed E-state index contributed by atoms with van der Waals surface area (Å²) < 4.78 is 30.8. The number of carbonyl (C=O) groups is 2. The van der Waals surface area contributed by atoms with Crippen molar-refractivity contribution in [3.8, 4) is 5.75 Å². The molecule has 0 aliphatic heterocycles. The van der Waals surface area contributed by atoms with Gasteiger partial charge in [0.1, 0.15) is 18.2 Å². The third-order valence-corrected chi connectivity index (χ3v) is 2.96. The SMILES string of the molecule is CC(Oc1ccc(F)cc1Br)C(=O)NC(CF)C(=O)O. The summed E-state index contributed by atoms with van der Waals surface area (Å²) in [5.74, 6) is -2.53. The zero-order valence-corrected chi connectivity index (χ0v) is 12.0. The standard InChI is InChI=1S/C12H12BrF2NO4/c1-6(11(17)16-9(5-14)12(18)19)20-10-3-2-7(15)4-8(10)13/h2-4,6,9H,5H2,1H3,(H,16,17)(H,18,19). The molecule has 20 heavy (non-hydrogen) atoms. The van der Waals surface area contributed by atoms with Gasteiger partial charge in [-0.1, -0.05) is 0 Å². The van der Waals surface area contributed by atoms with Crippen molar-refractivity contribution in [3.63, 3.8) is 0 Å². The second-order valence-electron chi connectivity index (χ2n) is 3.89. The van der Waals surface area contributed by atoms with Crippen LogP contribution in [0.15, 0.2) is 22.7 Å². The van der Waals surface area contributed by atoms with Crippen molar-refractivity contribution < 1.29 is 28.2 Å². The van der Waals surface area contributed by atoms with Crippen molar-refractivity contribution in [1.29, 1.82) is 0 Å². The number of carboxylic acid groups (broad SMARTS) is 1. The molecule has 0 spiro atoms. The predicted molar refractivity (Wildman–Crippen MR) is 69.7 cm³/mol. The molecule has 0 heterocycles. The molecule has 2 atom stereocenters. The fraction of sp³-hybridized carbons (Fsp3) is 0.333. The third kappa shape index (κ3) is 4.44. The topological polar surface area (TPSA) is 75.6 Å². The Labute approximate surface area is 122 Å². The Morgan fingerprint density at radius 3 is 2.65 bits per heavy atom. The van der Waals surface area contributed by atoms with Crippen LogP contribution in [0, 0.1) is 5.82 Å². The van der Waals surface area contributed by atoms with Gasteiger partial charge in [0.15, 0.2) is 12.1 Å². The lowest BCUT2D eigenvalue weighted by Gasteiger charge is -2.17. The maximum absolute atomic E-state index is 12.9. The van der Waals surface area contributed by atoms with Gasteiger partial charge in [0.2, 0.25) is 0 Å². The lowest BCUT2D eigenvalue weighted by molar-refractivity contribution is -0.143. The second-order valence-corrected chi connectivity index (χ2v) is 4.74. The predicted octanol–water partition coefficient (Wildman–Crippen LogP) is 1.89. The van der Waals surface area contributed by atoms with Crippen LogP contribution in [0.2, 0.25) is 0 Å². The van der Waals surface area contributed by atoms with E-state index in [0.29, 0.717) is 4.47 Å². The minimum Gasteiger partial charge on any atom is -0.480 e. The quantitative estimate of drug-likeness (QED) is 0.820. The summed E-state index contributed by atoms with van der Waals surface area (Å²) in [5.41, 5.74) is 0. The number of rotatable bonds is 6. The zero-order chi connectivity index (χ0) is 15.3. The van der Waals surface area contributed by atoms with Crippen LogP contribution in [-0.4, -0.2) is 35.8 Å². The summed E-state index contributed by atoms with van der Waals surface area (Å²) in [6.07, 6.45) is -1.06. The molecule has 1 aromatic rings. The third-order valence-electron chi connectivity index (χ3n) is 2.34. The van der Waals surface area contributed by atoms with Gasteiger partial charge in [0, 0.05) is 0 Å². The Kier molecular flexibility index (Phi) is 5.87. The molecule has 110 valence electrons. The first-order chi connectivity index (χ1) is 9.35. The molecule has 0 aliphatic carbocycles. The summed E-state index contributed by atoms with van der Waals surface area (Å²) in [4.78, 5) is 22.2. The largest absolute Gasteiger partial charge is 0.480 e. The van der Waals surface area contributed by atoms with Gasteiger partial charge in [-0.25, -0.2) is 13.6 Å². The van der Waals surface area contributed by atoms with Crippen molar-refractivity contribution in [2.45, 2.75) is 19.1 Å².